The van der Waals surface area contributed by atoms with Crippen LogP contribution in [0.1, 0.15) is 5.56 Å². The van der Waals surface area contributed by atoms with Crippen LogP contribution in [0.5, 0.6) is 0 Å². The topological polar surface area (TPSA) is 81.8 Å². The molecule has 2 N–H and O–H groups in total. The Bertz CT molecular complexity index is 619. The van der Waals surface area contributed by atoms with Gasteiger partial charge in [-0.05, 0) is 37.7 Å². The fraction of sp³-hybridized carbons (Fsp3) is 0.438. The summed E-state index contributed by atoms with van der Waals surface area (Å²) >= 11 is 3.37. The number of nitrogens with one attached hydrogen (secondary N) is 2. The van der Waals surface area contributed by atoms with Gasteiger partial charge in [-0.25, -0.2) is 0 Å². The monoisotopic (exact) mass is 398 g/mol. The summed E-state index contributed by atoms with van der Waals surface area (Å²) in [7, 11) is 4.91. The van der Waals surface area contributed by atoms with E-state index in [9.17, 15) is 14.4 Å². The number of carbonyl (C=O) groups excluding carboxylic acids is 3. The lowest BCUT2D eigenvalue weighted by molar-refractivity contribution is -0.131. The van der Waals surface area contributed by atoms with E-state index in [0.29, 0.717) is 0 Å². The van der Waals surface area contributed by atoms with Crippen LogP contribution in [0.3, 0.4) is 0 Å². The summed E-state index contributed by atoms with van der Waals surface area (Å²) in [5, 5.41) is 5.34. The number of aryl methyl sites for hydroxylation is 1. The first-order valence-electron chi connectivity index (χ1n) is 7.40. The average molecular weight is 399 g/mol. The van der Waals surface area contributed by atoms with Gasteiger partial charge in [0.1, 0.15) is 0 Å². The van der Waals surface area contributed by atoms with Crippen molar-refractivity contribution < 1.29 is 14.4 Å². The second-order valence-electron chi connectivity index (χ2n) is 5.74. The van der Waals surface area contributed by atoms with E-state index in [2.05, 4.69) is 26.6 Å². The zero-order valence-electron chi connectivity index (χ0n) is 14.4. The summed E-state index contributed by atoms with van der Waals surface area (Å²) in [5.41, 5.74) is 1.68. The number of amides is 3. The van der Waals surface area contributed by atoms with Crippen molar-refractivity contribution in [1.29, 1.82) is 0 Å². The molecular formula is C16H23BrN4O3. The highest BCUT2D eigenvalue weighted by Crippen LogP contribution is 2.19. The molecule has 1 rings (SSSR count). The first-order valence-corrected chi connectivity index (χ1v) is 8.19. The number of nitrogens with zero attached hydrogens (tertiary/aromatic N) is 2. The van der Waals surface area contributed by atoms with Crippen molar-refractivity contribution in [2.45, 2.75) is 6.92 Å². The van der Waals surface area contributed by atoms with Gasteiger partial charge in [0.25, 0.3) is 0 Å². The molecule has 3 amide bonds. The SMILES string of the molecule is Cc1cc(Br)ccc1NC(=O)CN(C)CC(=O)NCC(=O)N(C)C. The van der Waals surface area contributed by atoms with Gasteiger partial charge < -0.3 is 15.5 Å². The maximum Gasteiger partial charge on any atom is 0.241 e. The molecule has 0 atom stereocenters. The lowest BCUT2D eigenvalue weighted by Crippen LogP contribution is -2.42. The molecule has 0 spiro atoms. The van der Waals surface area contributed by atoms with Gasteiger partial charge in [-0.2, -0.15) is 0 Å². The minimum absolute atomic E-state index is 0.0352. The van der Waals surface area contributed by atoms with Crippen molar-refractivity contribution in [1.82, 2.24) is 15.1 Å². The van der Waals surface area contributed by atoms with Crippen LogP contribution in [0, 0.1) is 6.92 Å². The van der Waals surface area contributed by atoms with Crippen LogP contribution in [0.15, 0.2) is 22.7 Å². The number of halogens is 1. The molecule has 0 aromatic heterocycles. The summed E-state index contributed by atoms with van der Waals surface area (Å²) < 4.78 is 0.944. The molecule has 0 saturated carbocycles. The summed E-state index contributed by atoms with van der Waals surface area (Å²) in [6, 6.07) is 5.58. The van der Waals surface area contributed by atoms with E-state index in [1.54, 1.807) is 26.0 Å². The second kappa shape index (κ2) is 9.39. The lowest BCUT2D eigenvalue weighted by Gasteiger charge is -2.17. The fourth-order valence-electron chi connectivity index (χ4n) is 1.89. The van der Waals surface area contributed by atoms with Gasteiger partial charge in [0, 0.05) is 24.3 Å². The molecule has 0 fully saturated rings. The van der Waals surface area contributed by atoms with Gasteiger partial charge in [-0.15, -0.1) is 0 Å². The number of hydrogen-bond acceptors (Lipinski definition) is 4. The molecule has 7 nitrogen and oxygen atoms in total. The lowest BCUT2D eigenvalue weighted by atomic mass is 10.2. The van der Waals surface area contributed by atoms with Crippen LogP contribution < -0.4 is 10.6 Å². The minimum atomic E-state index is -0.305. The molecule has 0 bridgehead atoms. The maximum atomic E-state index is 12.0. The zero-order chi connectivity index (χ0) is 18.3. The van der Waals surface area contributed by atoms with Crippen LogP contribution in [-0.2, 0) is 14.4 Å². The van der Waals surface area contributed by atoms with Crippen molar-refractivity contribution in [3.8, 4) is 0 Å². The first kappa shape index (κ1) is 20.1. The molecular weight excluding hydrogens is 376 g/mol. The van der Waals surface area contributed by atoms with Crippen molar-refractivity contribution in [2.75, 3.05) is 46.1 Å². The summed E-state index contributed by atoms with van der Waals surface area (Å²) in [6.45, 7) is 1.96. The van der Waals surface area contributed by atoms with E-state index >= 15 is 0 Å². The molecule has 0 heterocycles. The van der Waals surface area contributed by atoms with E-state index in [1.807, 2.05) is 25.1 Å². The summed E-state index contributed by atoms with van der Waals surface area (Å²) in [6.07, 6.45) is 0. The number of carbonyl (C=O) groups is 3. The average Bonchev–Trinajstić information content (AvgIpc) is 2.47. The van der Waals surface area contributed by atoms with Crippen molar-refractivity contribution in [3.05, 3.63) is 28.2 Å². The van der Waals surface area contributed by atoms with Gasteiger partial charge >= 0.3 is 0 Å². The van der Waals surface area contributed by atoms with E-state index in [-0.39, 0.29) is 37.4 Å². The Morgan fingerprint density at radius 3 is 2.29 bits per heavy atom. The van der Waals surface area contributed by atoms with E-state index in [1.165, 1.54) is 4.90 Å². The zero-order valence-corrected chi connectivity index (χ0v) is 15.9. The standard InChI is InChI=1S/C16H23BrN4O3/c1-11-7-12(17)5-6-13(11)19-15(23)10-21(4)9-14(22)18-8-16(24)20(2)3/h5-7H,8-10H2,1-4H3,(H,18,22)(H,19,23). The molecule has 0 radical (unpaired) electrons. The predicted molar refractivity (Wildman–Crippen MR) is 96.7 cm³/mol. The van der Waals surface area contributed by atoms with Crippen molar-refractivity contribution in [3.63, 3.8) is 0 Å². The summed E-state index contributed by atoms with van der Waals surface area (Å²) in [5.74, 6) is -0.699. The van der Waals surface area contributed by atoms with Crippen LogP contribution >= 0.6 is 15.9 Å². The minimum Gasteiger partial charge on any atom is -0.347 e. The quantitative estimate of drug-likeness (QED) is 0.712. The molecule has 1 aromatic rings. The normalized spacial score (nSPS) is 10.4. The Labute approximate surface area is 150 Å². The van der Waals surface area contributed by atoms with Gasteiger partial charge in [-0.1, -0.05) is 15.9 Å². The molecule has 132 valence electrons. The highest BCUT2D eigenvalue weighted by molar-refractivity contribution is 9.10. The van der Waals surface area contributed by atoms with Crippen LogP contribution in [0.2, 0.25) is 0 Å². The van der Waals surface area contributed by atoms with Crippen LogP contribution in [-0.4, -0.2) is 68.3 Å². The molecule has 1 aromatic carbocycles. The molecule has 0 aliphatic heterocycles. The number of hydrogen-bond donors (Lipinski definition) is 2. The third-order valence-corrected chi connectivity index (χ3v) is 3.72. The highest BCUT2D eigenvalue weighted by atomic mass is 79.9. The predicted octanol–water partition coefficient (Wildman–Crippen LogP) is 0.832. The van der Waals surface area contributed by atoms with Gasteiger partial charge in [-0.3, -0.25) is 19.3 Å². The molecule has 0 saturated heterocycles. The largest absolute Gasteiger partial charge is 0.347 e. The third kappa shape index (κ3) is 7.10. The Hall–Kier alpha value is -1.93. The Morgan fingerprint density at radius 1 is 1.08 bits per heavy atom. The van der Waals surface area contributed by atoms with Crippen LogP contribution in [0.4, 0.5) is 5.69 Å². The maximum absolute atomic E-state index is 12.0. The third-order valence-electron chi connectivity index (χ3n) is 3.23. The first-order chi connectivity index (χ1) is 11.2. The van der Waals surface area contributed by atoms with E-state index < -0.39 is 0 Å². The highest BCUT2D eigenvalue weighted by Gasteiger charge is 2.13. The Kier molecular flexibility index (Phi) is 7.87. The van der Waals surface area contributed by atoms with Crippen molar-refractivity contribution in [2.24, 2.45) is 0 Å². The smallest absolute Gasteiger partial charge is 0.241 e. The van der Waals surface area contributed by atoms with E-state index in [4.69, 9.17) is 0 Å². The molecule has 8 heteroatoms. The molecule has 0 aliphatic carbocycles. The number of anilines is 1. The van der Waals surface area contributed by atoms with Gasteiger partial charge in [0.15, 0.2) is 0 Å². The summed E-state index contributed by atoms with van der Waals surface area (Å²) in [4.78, 5) is 38.2. The van der Waals surface area contributed by atoms with E-state index in [0.717, 1.165) is 15.7 Å². The van der Waals surface area contributed by atoms with Gasteiger partial charge in [0.05, 0.1) is 19.6 Å². The fourth-order valence-corrected chi connectivity index (χ4v) is 2.37. The molecule has 24 heavy (non-hydrogen) atoms. The molecule has 0 aliphatic rings. The van der Waals surface area contributed by atoms with Crippen LogP contribution in [0.25, 0.3) is 0 Å². The number of benzene rings is 1. The molecule has 0 unspecified atom stereocenters. The Balaban J connectivity index is 2.41. The second-order valence-corrected chi connectivity index (χ2v) is 6.66. The number of rotatable bonds is 7. The Morgan fingerprint density at radius 2 is 1.71 bits per heavy atom. The van der Waals surface area contributed by atoms with Crippen molar-refractivity contribution >= 4 is 39.3 Å². The number of likely N-dealkylation sites (N-methyl/N-ethyl adjacent to an activating group) is 2. The van der Waals surface area contributed by atoms with Gasteiger partial charge in [0.2, 0.25) is 17.7 Å².